The Morgan fingerprint density at radius 2 is 0.940 bits per heavy atom. The zero-order valence-corrected chi connectivity index (χ0v) is 53.4. The largest absolute Gasteiger partial charge is 0.456 e. The summed E-state index contributed by atoms with van der Waals surface area (Å²) in [5.41, 5.74) is 28.9. The fourth-order valence-corrected chi connectivity index (χ4v) is 15.0. The van der Waals surface area contributed by atoms with E-state index in [0.717, 1.165) is 52.6 Å². The molecule has 0 radical (unpaired) electrons. The van der Waals surface area contributed by atoms with E-state index in [1.165, 1.54) is 113 Å². The van der Waals surface area contributed by atoms with Crippen LogP contribution in [0.15, 0.2) is 144 Å². The number of benzene rings is 8. The number of rotatable bonds is 5. The lowest BCUT2D eigenvalue weighted by molar-refractivity contribution is 0.332. The van der Waals surface area contributed by atoms with Crippen molar-refractivity contribution in [1.82, 2.24) is 0 Å². The highest BCUT2D eigenvalue weighted by molar-refractivity contribution is 7.00. The third-order valence-electron chi connectivity index (χ3n) is 20.5. The van der Waals surface area contributed by atoms with E-state index in [4.69, 9.17) is 4.42 Å². The van der Waals surface area contributed by atoms with Gasteiger partial charge in [0.15, 0.2) is 0 Å². The third-order valence-corrected chi connectivity index (χ3v) is 20.5. The molecule has 83 heavy (non-hydrogen) atoms. The Morgan fingerprint density at radius 1 is 0.422 bits per heavy atom. The molecule has 2 aliphatic carbocycles. The van der Waals surface area contributed by atoms with Crippen molar-refractivity contribution in [2.45, 2.75) is 195 Å². The molecule has 4 nitrogen and oxygen atoms in total. The highest BCUT2D eigenvalue weighted by Gasteiger charge is 2.48. The van der Waals surface area contributed by atoms with Gasteiger partial charge in [-0.15, -0.1) is 0 Å². The molecule has 5 heteroatoms. The van der Waals surface area contributed by atoms with Crippen LogP contribution in [0.25, 0.3) is 21.9 Å². The second-order valence-corrected chi connectivity index (χ2v) is 31.3. The quantitative estimate of drug-likeness (QED) is 0.160. The molecule has 0 saturated heterocycles. The molecule has 0 N–H and O–H groups in total. The molecule has 13 rings (SSSR count). The highest BCUT2D eigenvalue weighted by Crippen LogP contribution is 2.55. The van der Waals surface area contributed by atoms with Crippen molar-refractivity contribution in [3.8, 4) is 0 Å². The lowest BCUT2D eigenvalue weighted by atomic mass is 9.33. The van der Waals surface area contributed by atoms with Crippen LogP contribution in [0, 0.1) is 13.8 Å². The summed E-state index contributed by atoms with van der Waals surface area (Å²) in [6.45, 7) is 45.5. The van der Waals surface area contributed by atoms with E-state index in [2.05, 4.69) is 286 Å². The van der Waals surface area contributed by atoms with Crippen LogP contribution in [0.1, 0.15) is 193 Å². The molecule has 0 spiro atoms. The van der Waals surface area contributed by atoms with Crippen LogP contribution in [0.3, 0.4) is 0 Å². The Labute approximate surface area is 497 Å². The van der Waals surface area contributed by atoms with Crippen molar-refractivity contribution in [2.24, 2.45) is 0 Å². The van der Waals surface area contributed by atoms with Crippen LogP contribution in [0.5, 0.6) is 0 Å². The van der Waals surface area contributed by atoms with Crippen molar-refractivity contribution < 1.29 is 4.42 Å². The minimum absolute atomic E-state index is 0.00197. The number of anilines is 9. The molecule has 0 bridgehead atoms. The molecular weight excluding hydrogens is 1010 g/mol. The van der Waals surface area contributed by atoms with Gasteiger partial charge in [0, 0.05) is 50.9 Å². The Morgan fingerprint density at radius 3 is 1.52 bits per heavy atom. The summed E-state index contributed by atoms with van der Waals surface area (Å²) in [5, 5.41) is 2.24. The predicted molar refractivity (Wildman–Crippen MR) is 359 cm³/mol. The first kappa shape index (κ1) is 55.2. The molecule has 8 aromatic carbocycles. The molecule has 9 aromatic rings. The topological polar surface area (TPSA) is 22.9 Å². The van der Waals surface area contributed by atoms with E-state index in [0.29, 0.717) is 0 Å². The summed E-state index contributed by atoms with van der Waals surface area (Å²) in [7, 11) is 0. The summed E-state index contributed by atoms with van der Waals surface area (Å²) in [6, 6.07) is 55.2. The third kappa shape index (κ3) is 8.73. The van der Waals surface area contributed by atoms with E-state index in [1.54, 1.807) is 0 Å². The van der Waals surface area contributed by atoms with Crippen LogP contribution in [-0.2, 0) is 37.9 Å². The SMILES string of the molecule is Cc1cc(C(C)(C)C)ccc1N(c1ccc2c(c1)N(c1cccc3oc4ccccc4c13)c1cc(C(C)(C)C)cc3c1B2c1cc2c(cc1N3c1ccc3c(c1)C(C)(C)CCC3(C)C)C(C)(C)CCC2(C)C)c1ccc(C(C)(C)C)cc1C. The highest BCUT2D eigenvalue weighted by atomic mass is 16.3. The number of hydrogen-bond donors (Lipinski definition) is 0. The molecule has 0 saturated carbocycles. The number of hydrogen-bond acceptors (Lipinski definition) is 4. The smallest absolute Gasteiger partial charge is 0.252 e. The summed E-state index contributed by atoms with van der Waals surface area (Å²) >= 11 is 0. The Balaban J connectivity index is 1.17. The molecular formula is C78H88BN3O. The number of nitrogens with zero attached hydrogens (tertiary/aromatic N) is 3. The van der Waals surface area contributed by atoms with Gasteiger partial charge in [0.05, 0.1) is 11.1 Å². The van der Waals surface area contributed by atoms with Gasteiger partial charge < -0.3 is 19.1 Å². The second kappa shape index (κ2) is 18.3. The van der Waals surface area contributed by atoms with Crippen LogP contribution in [0.2, 0.25) is 0 Å². The number of para-hydroxylation sites is 1. The Hall–Kier alpha value is -6.98. The van der Waals surface area contributed by atoms with Gasteiger partial charge in [-0.25, -0.2) is 0 Å². The number of furan rings is 1. The van der Waals surface area contributed by atoms with E-state index >= 15 is 0 Å². The fourth-order valence-electron chi connectivity index (χ4n) is 15.0. The lowest BCUT2D eigenvalue weighted by Crippen LogP contribution is -2.62. The average Bonchev–Trinajstić information content (AvgIpc) is 1.07. The van der Waals surface area contributed by atoms with Gasteiger partial charge in [-0.1, -0.05) is 184 Å². The first-order valence-corrected chi connectivity index (χ1v) is 31.0. The van der Waals surface area contributed by atoms with Crippen LogP contribution >= 0.6 is 0 Å². The zero-order chi connectivity index (χ0) is 59.0. The van der Waals surface area contributed by atoms with E-state index in [9.17, 15) is 0 Å². The zero-order valence-electron chi connectivity index (χ0n) is 53.4. The number of fused-ring (bicyclic) bond motifs is 9. The van der Waals surface area contributed by atoms with Crippen molar-refractivity contribution >= 4 is 96.2 Å². The molecule has 0 atom stereocenters. The minimum Gasteiger partial charge on any atom is -0.456 e. The van der Waals surface area contributed by atoms with Gasteiger partial charge in [0.25, 0.3) is 6.71 Å². The monoisotopic (exact) mass is 1090 g/mol. The van der Waals surface area contributed by atoms with Gasteiger partial charge >= 0.3 is 0 Å². The normalized spacial score (nSPS) is 17.5. The molecule has 1 aromatic heterocycles. The maximum absolute atomic E-state index is 6.83. The molecule has 4 aliphatic rings. The van der Waals surface area contributed by atoms with Gasteiger partial charge in [-0.3, -0.25) is 0 Å². The molecule has 0 fully saturated rings. The van der Waals surface area contributed by atoms with Gasteiger partial charge in [-0.05, 0) is 217 Å². The molecule has 0 amide bonds. The first-order chi connectivity index (χ1) is 38.8. The first-order valence-electron chi connectivity index (χ1n) is 31.0. The van der Waals surface area contributed by atoms with E-state index < -0.39 is 0 Å². The fraction of sp³-hybridized carbons (Fsp3) is 0.385. The van der Waals surface area contributed by atoms with Crippen LogP contribution < -0.4 is 31.1 Å². The van der Waals surface area contributed by atoms with Gasteiger partial charge in [-0.2, -0.15) is 0 Å². The van der Waals surface area contributed by atoms with Crippen LogP contribution in [-0.4, -0.2) is 6.71 Å². The van der Waals surface area contributed by atoms with E-state index in [-0.39, 0.29) is 44.6 Å². The van der Waals surface area contributed by atoms with Crippen molar-refractivity contribution in [3.63, 3.8) is 0 Å². The van der Waals surface area contributed by atoms with E-state index in [1.807, 2.05) is 0 Å². The second-order valence-electron chi connectivity index (χ2n) is 31.3. The molecule has 2 aliphatic heterocycles. The Kier molecular flexibility index (Phi) is 12.2. The average molecular weight is 1090 g/mol. The lowest BCUT2D eigenvalue weighted by Gasteiger charge is -2.48. The van der Waals surface area contributed by atoms with Gasteiger partial charge in [0.1, 0.15) is 11.2 Å². The molecule has 424 valence electrons. The summed E-state index contributed by atoms with van der Waals surface area (Å²) in [4.78, 5) is 7.93. The van der Waals surface area contributed by atoms with Crippen molar-refractivity contribution in [2.75, 3.05) is 14.7 Å². The van der Waals surface area contributed by atoms with Crippen LogP contribution in [0.4, 0.5) is 51.2 Å². The maximum Gasteiger partial charge on any atom is 0.252 e. The standard InChI is InChI=1S/C78H88BN3O/c1-47-39-49(72(3,4)5)27-33-61(47)80(62-34-28-50(40-48(62)2)73(6,7)8)53-30-32-59-64(44-53)82(63-24-22-26-69-70(63)54-23-20-21-25-68(54)83-69)67-42-51(74(9,10)11)41-66-71(67)79(59)60-45-57-58(78(18,19)38-37-77(57,16)17)46-65(60)81(66)52-29-31-55-56(43-52)76(14,15)36-35-75(55,12)13/h20-34,39-46H,35-38H2,1-19H3. The molecule has 0 unspecified atom stereocenters. The summed E-state index contributed by atoms with van der Waals surface area (Å²) in [6.07, 6.45) is 4.63. The van der Waals surface area contributed by atoms with Crippen molar-refractivity contribution in [3.05, 3.63) is 190 Å². The number of aryl methyl sites for hydroxylation is 2. The van der Waals surface area contributed by atoms with Gasteiger partial charge in [0.2, 0.25) is 0 Å². The maximum atomic E-state index is 6.83. The summed E-state index contributed by atoms with van der Waals surface area (Å²) in [5.74, 6) is 0. The summed E-state index contributed by atoms with van der Waals surface area (Å²) < 4.78 is 6.83. The van der Waals surface area contributed by atoms with Crippen molar-refractivity contribution in [1.29, 1.82) is 0 Å². The minimum atomic E-state index is -0.191. The molecule has 3 heterocycles. The Bertz CT molecular complexity index is 4100. The predicted octanol–water partition coefficient (Wildman–Crippen LogP) is 20.3.